The number of Topliss-reactive ketones (excluding diaryl/α,β-unsaturated/α-hetero) is 1. The van der Waals surface area contributed by atoms with E-state index in [0.29, 0.717) is 24.5 Å². The van der Waals surface area contributed by atoms with E-state index in [1.165, 1.54) is 20.1 Å². The minimum Gasteiger partial charge on any atom is -0.470 e. The molecule has 0 unspecified atom stereocenters. The smallest absolute Gasteiger partial charge is 0.277 e. The number of oxime groups is 1. The SMILES string of the molecule is C=CC(C(C)=O)=C(NOC)C1=NOCCO1. The second-order valence-electron chi connectivity index (χ2n) is 2.93. The van der Waals surface area contributed by atoms with Crippen LogP contribution in [0.1, 0.15) is 6.92 Å². The average molecular weight is 226 g/mol. The number of hydrogen-bond donors (Lipinski definition) is 1. The number of ketones is 1. The molecule has 1 heterocycles. The Morgan fingerprint density at radius 2 is 2.38 bits per heavy atom. The molecule has 0 aromatic rings. The van der Waals surface area contributed by atoms with Gasteiger partial charge in [-0.1, -0.05) is 12.7 Å². The Bertz CT molecular complexity index is 347. The highest BCUT2D eigenvalue weighted by Gasteiger charge is 2.19. The lowest BCUT2D eigenvalue weighted by Gasteiger charge is -2.17. The summed E-state index contributed by atoms with van der Waals surface area (Å²) in [6, 6.07) is 0. The molecule has 0 aromatic carbocycles. The van der Waals surface area contributed by atoms with Gasteiger partial charge in [-0.15, -0.1) is 0 Å². The fourth-order valence-electron chi connectivity index (χ4n) is 1.16. The van der Waals surface area contributed by atoms with Crippen LogP contribution in [0.4, 0.5) is 0 Å². The Balaban J connectivity index is 3.09. The summed E-state index contributed by atoms with van der Waals surface area (Å²) >= 11 is 0. The van der Waals surface area contributed by atoms with Crippen molar-refractivity contribution in [3.05, 3.63) is 23.9 Å². The second kappa shape index (κ2) is 5.92. The van der Waals surface area contributed by atoms with Gasteiger partial charge in [-0.05, 0) is 12.1 Å². The average Bonchev–Trinajstić information content (AvgIpc) is 2.29. The van der Waals surface area contributed by atoms with Crippen LogP contribution < -0.4 is 5.48 Å². The monoisotopic (exact) mass is 226 g/mol. The molecule has 0 aliphatic carbocycles. The minimum absolute atomic E-state index is 0.175. The summed E-state index contributed by atoms with van der Waals surface area (Å²) in [5, 5.41) is 3.69. The van der Waals surface area contributed by atoms with Gasteiger partial charge in [0.25, 0.3) is 5.90 Å². The second-order valence-corrected chi connectivity index (χ2v) is 2.93. The molecule has 1 rings (SSSR count). The lowest BCUT2D eigenvalue weighted by atomic mass is 10.1. The van der Waals surface area contributed by atoms with Gasteiger partial charge in [-0.2, -0.15) is 0 Å². The topological polar surface area (TPSA) is 69.2 Å². The molecule has 0 spiro atoms. The number of nitrogens with one attached hydrogen (secondary N) is 1. The van der Waals surface area contributed by atoms with Gasteiger partial charge >= 0.3 is 0 Å². The van der Waals surface area contributed by atoms with E-state index in [9.17, 15) is 4.79 Å². The highest BCUT2D eigenvalue weighted by atomic mass is 16.7. The Labute approximate surface area is 93.5 Å². The Morgan fingerprint density at radius 3 is 2.81 bits per heavy atom. The number of carbonyl (C=O) groups excluding carboxylic acids is 1. The predicted octanol–water partition coefficient (Wildman–Crippen LogP) is 0.527. The number of hydrogen-bond acceptors (Lipinski definition) is 6. The molecule has 6 heteroatoms. The first-order valence-corrected chi connectivity index (χ1v) is 4.70. The van der Waals surface area contributed by atoms with E-state index in [4.69, 9.17) is 14.4 Å². The highest BCUT2D eigenvalue weighted by molar-refractivity contribution is 6.05. The van der Waals surface area contributed by atoms with Gasteiger partial charge < -0.3 is 9.57 Å². The van der Waals surface area contributed by atoms with Crippen LogP contribution >= 0.6 is 0 Å². The van der Waals surface area contributed by atoms with E-state index < -0.39 is 0 Å². The predicted molar refractivity (Wildman–Crippen MR) is 57.4 cm³/mol. The summed E-state index contributed by atoms with van der Waals surface area (Å²) in [5.74, 6) is 0.00428. The molecule has 0 aromatic heterocycles. The van der Waals surface area contributed by atoms with Crippen LogP contribution in [0.3, 0.4) is 0 Å². The fraction of sp³-hybridized carbons (Fsp3) is 0.400. The zero-order valence-electron chi connectivity index (χ0n) is 9.28. The maximum absolute atomic E-state index is 11.4. The molecule has 0 atom stereocenters. The maximum atomic E-state index is 11.4. The first-order valence-electron chi connectivity index (χ1n) is 4.70. The Morgan fingerprint density at radius 1 is 1.62 bits per heavy atom. The van der Waals surface area contributed by atoms with Crippen molar-refractivity contribution in [1.82, 2.24) is 5.48 Å². The zero-order valence-corrected chi connectivity index (χ0v) is 9.28. The quantitative estimate of drug-likeness (QED) is 0.420. The number of carbonyl (C=O) groups is 1. The summed E-state index contributed by atoms with van der Waals surface area (Å²) in [5.41, 5.74) is 3.17. The number of hydroxylamine groups is 1. The van der Waals surface area contributed by atoms with Crippen molar-refractivity contribution in [2.75, 3.05) is 20.3 Å². The van der Waals surface area contributed by atoms with Crippen LogP contribution in [-0.2, 0) is 19.2 Å². The number of allylic oxidation sites excluding steroid dienone is 2. The molecule has 1 aliphatic rings. The van der Waals surface area contributed by atoms with Gasteiger partial charge in [0.15, 0.2) is 12.4 Å². The number of nitrogens with zero attached hydrogens (tertiary/aromatic N) is 1. The summed E-state index contributed by atoms with van der Waals surface area (Å²) in [6.45, 7) is 5.72. The molecule has 1 aliphatic heterocycles. The van der Waals surface area contributed by atoms with Crippen molar-refractivity contribution in [2.45, 2.75) is 6.92 Å². The molecular weight excluding hydrogens is 212 g/mol. The molecule has 0 fully saturated rings. The summed E-state index contributed by atoms with van der Waals surface area (Å²) in [6.07, 6.45) is 1.41. The summed E-state index contributed by atoms with van der Waals surface area (Å²) < 4.78 is 5.25. The van der Waals surface area contributed by atoms with Gasteiger partial charge in [0.1, 0.15) is 12.3 Å². The van der Waals surface area contributed by atoms with E-state index in [0.717, 1.165) is 0 Å². The number of ether oxygens (including phenoxy) is 1. The molecule has 0 radical (unpaired) electrons. The standard InChI is InChI=1S/C10H14N2O4/c1-4-8(7(2)13)9(11-14-3)10-12-16-6-5-15-10/h4,11H,1,5-6H2,2-3H3. The largest absolute Gasteiger partial charge is 0.470 e. The summed E-state index contributed by atoms with van der Waals surface area (Å²) in [7, 11) is 1.42. The molecule has 16 heavy (non-hydrogen) atoms. The van der Waals surface area contributed by atoms with E-state index >= 15 is 0 Å². The van der Waals surface area contributed by atoms with Crippen LogP contribution in [0.5, 0.6) is 0 Å². The molecule has 0 bridgehead atoms. The third-order valence-electron chi connectivity index (χ3n) is 1.83. The fourth-order valence-corrected chi connectivity index (χ4v) is 1.16. The van der Waals surface area contributed by atoms with Gasteiger partial charge in [-0.25, -0.2) is 0 Å². The molecule has 6 nitrogen and oxygen atoms in total. The normalized spacial score (nSPS) is 16.2. The highest BCUT2D eigenvalue weighted by Crippen LogP contribution is 2.10. The third-order valence-corrected chi connectivity index (χ3v) is 1.83. The first kappa shape index (κ1) is 12.3. The van der Waals surface area contributed by atoms with Crippen LogP contribution in [0.15, 0.2) is 29.1 Å². The van der Waals surface area contributed by atoms with E-state index in [2.05, 4.69) is 17.2 Å². The van der Waals surface area contributed by atoms with Crippen LogP contribution in [0, 0.1) is 0 Å². The van der Waals surface area contributed by atoms with Crippen molar-refractivity contribution >= 4 is 11.7 Å². The first-order chi connectivity index (χ1) is 7.70. The minimum atomic E-state index is -0.175. The lowest BCUT2D eigenvalue weighted by Crippen LogP contribution is -2.28. The van der Waals surface area contributed by atoms with Crippen LogP contribution in [-0.4, -0.2) is 32.0 Å². The van der Waals surface area contributed by atoms with Crippen molar-refractivity contribution in [1.29, 1.82) is 0 Å². The number of rotatable bonds is 5. The van der Waals surface area contributed by atoms with E-state index in [-0.39, 0.29) is 11.7 Å². The van der Waals surface area contributed by atoms with Crippen molar-refractivity contribution in [3.8, 4) is 0 Å². The summed E-state index contributed by atoms with van der Waals surface area (Å²) in [4.78, 5) is 21.0. The van der Waals surface area contributed by atoms with Crippen LogP contribution in [0.2, 0.25) is 0 Å². The van der Waals surface area contributed by atoms with Gasteiger partial charge in [-0.3, -0.25) is 15.1 Å². The Kier molecular flexibility index (Phi) is 4.53. The van der Waals surface area contributed by atoms with Crippen LogP contribution in [0.25, 0.3) is 0 Å². The Hall–Kier alpha value is -1.82. The van der Waals surface area contributed by atoms with E-state index in [1.54, 1.807) is 0 Å². The molecule has 0 saturated carbocycles. The van der Waals surface area contributed by atoms with Crippen molar-refractivity contribution in [2.24, 2.45) is 5.16 Å². The van der Waals surface area contributed by atoms with Gasteiger partial charge in [0, 0.05) is 5.57 Å². The van der Waals surface area contributed by atoms with Gasteiger partial charge in [0.2, 0.25) is 0 Å². The third kappa shape index (κ3) is 2.83. The molecule has 0 saturated heterocycles. The van der Waals surface area contributed by atoms with Crippen molar-refractivity contribution < 1.29 is 19.2 Å². The molecule has 0 amide bonds. The molecular formula is C10H14N2O4. The molecule has 88 valence electrons. The van der Waals surface area contributed by atoms with Gasteiger partial charge in [0.05, 0.1) is 7.11 Å². The zero-order chi connectivity index (χ0) is 12.0. The maximum Gasteiger partial charge on any atom is 0.277 e. The molecule has 1 N–H and O–H groups in total. The lowest BCUT2D eigenvalue weighted by molar-refractivity contribution is -0.113. The van der Waals surface area contributed by atoms with E-state index in [1.807, 2.05) is 0 Å². The van der Waals surface area contributed by atoms with Crippen molar-refractivity contribution in [3.63, 3.8) is 0 Å².